The third-order valence-electron chi connectivity index (χ3n) is 3.94. The highest BCUT2D eigenvalue weighted by Gasteiger charge is 2.29. The molecule has 20 heavy (non-hydrogen) atoms. The zero-order valence-corrected chi connectivity index (χ0v) is 12.4. The number of nitrogens with zero attached hydrogens (tertiary/aromatic N) is 2. The largest absolute Gasteiger partial charge is 0.342 e. The summed E-state index contributed by atoms with van der Waals surface area (Å²) in [4.78, 5) is 7.92. The van der Waals surface area contributed by atoms with Crippen LogP contribution in [0.1, 0.15) is 31.5 Å². The molecule has 1 atom stereocenters. The number of para-hydroxylation sites is 2. The molecule has 1 aliphatic rings. The highest BCUT2D eigenvalue weighted by atomic mass is 32.2. The molecule has 6 heteroatoms. The lowest BCUT2D eigenvalue weighted by molar-refractivity contribution is 0.310. The average molecular weight is 293 g/mol. The minimum Gasteiger partial charge on any atom is -0.342 e. The van der Waals surface area contributed by atoms with Gasteiger partial charge in [0.25, 0.3) is 0 Å². The maximum absolute atomic E-state index is 12.0. The van der Waals surface area contributed by atoms with Gasteiger partial charge in [-0.25, -0.2) is 17.7 Å². The van der Waals surface area contributed by atoms with Crippen molar-refractivity contribution >= 4 is 21.1 Å². The van der Waals surface area contributed by atoms with E-state index in [9.17, 15) is 8.42 Å². The first-order valence-corrected chi connectivity index (χ1v) is 8.63. The highest BCUT2D eigenvalue weighted by Crippen LogP contribution is 2.28. The number of piperidine rings is 1. The van der Waals surface area contributed by atoms with Gasteiger partial charge in [-0.05, 0) is 31.9 Å². The Balaban J connectivity index is 1.86. The van der Waals surface area contributed by atoms with Crippen LogP contribution in [0.3, 0.4) is 0 Å². The second kappa shape index (κ2) is 5.18. The van der Waals surface area contributed by atoms with Crippen LogP contribution in [0, 0.1) is 0 Å². The Kier molecular flexibility index (Phi) is 3.52. The first-order chi connectivity index (χ1) is 9.60. The van der Waals surface area contributed by atoms with Crippen LogP contribution < -0.4 is 0 Å². The molecule has 1 aliphatic heterocycles. The van der Waals surface area contributed by atoms with Gasteiger partial charge in [-0.1, -0.05) is 12.1 Å². The third kappa shape index (κ3) is 2.45. The van der Waals surface area contributed by atoms with Crippen LogP contribution in [-0.2, 0) is 10.0 Å². The molecule has 0 saturated carbocycles. The monoisotopic (exact) mass is 293 g/mol. The van der Waals surface area contributed by atoms with Crippen molar-refractivity contribution in [3.63, 3.8) is 0 Å². The number of imidazole rings is 1. The standard InChI is InChI=1S/C14H19N3O2S/c1-2-20(18,19)17-9-5-6-11(10-17)14-15-12-7-3-4-8-13(12)16-14/h3-4,7-8,11H,2,5-6,9-10H2,1H3,(H,15,16). The second-order valence-electron chi connectivity index (χ2n) is 5.24. The van der Waals surface area contributed by atoms with E-state index in [4.69, 9.17) is 0 Å². The van der Waals surface area contributed by atoms with Crippen molar-refractivity contribution in [1.82, 2.24) is 14.3 Å². The summed E-state index contributed by atoms with van der Waals surface area (Å²) in [6.07, 6.45) is 1.87. The van der Waals surface area contributed by atoms with E-state index in [0.717, 1.165) is 29.7 Å². The number of nitrogens with one attached hydrogen (secondary N) is 1. The van der Waals surface area contributed by atoms with E-state index in [1.165, 1.54) is 0 Å². The van der Waals surface area contributed by atoms with Gasteiger partial charge < -0.3 is 4.98 Å². The summed E-state index contributed by atoms with van der Waals surface area (Å²) in [5.41, 5.74) is 1.95. The fourth-order valence-electron chi connectivity index (χ4n) is 2.77. The number of H-pyrrole nitrogens is 1. The summed E-state index contributed by atoms with van der Waals surface area (Å²) in [7, 11) is -3.10. The Morgan fingerprint density at radius 3 is 2.95 bits per heavy atom. The van der Waals surface area contributed by atoms with E-state index in [0.29, 0.717) is 13.1 Å². The van der Waals surface area contributed by atoms with Crippen LogP contribution in [0.2, 0.25) is 0 Å². The summed E-state index contributed by atoms with van der Waals surface area (Å²) in [6.45, 7) is 2.86. The summed E-state index contributed by atoms with van der Waals surface area (Å²) in [5, 5.41) is 0. The number of aromatic nitrogens is 2. The predicted molar refractivity (Wildman–Crippen MR) is 79.1 cm³/mol. The lowest BCUT2D eigenvalue weighted by Gasteiger charge is -2.30. The van der Waals surface area contributed by atoms with Crippen molar-refractivity contribution < 1.29 is 8.42 Å². The first kappa shape index (κ1) is 13.6. The Hall–Kier alpha value is -1.40. The lowest BCUT2D eigenvalue weighted by atomic mass is 9.99. The van der Waals surface area contributed by atoms with Crippen LogP contribution in [0.25, 0.3) is 11.0 Å². The van der Waals surface area contributed by atoms with E-state index >= 15 is 0 Å². The second-order valence-corrected chi connectivity index (χ2v) is 7.49. The maximum atomic E-state index is 12.0. The molecule has 0 radical (unpaired) electrons. The Morgan fingerprint density at radius 1 is 1.40 bits per heavy atom. The SMILES string of the molecule is CCS(=O)(=O)N1CCCC(c2nc3ccccc3[nH]2)C1. The topological polar surface area (TPSA) is 66.1 Å². The van der Waals surface area contributed by atoms with Crippen LogP contribution in [-0.4, -0.2) is 41.5 Å². The van der Waals surface area contributed by atoms with E-state index in [2.05, 4.69) is 9.97 Å². The number of sulfonamides is 1. The molecule has 0 amide bonds. The van der Waals surface area contributed by atoms with Crippen molar-refractivity contribution in [3.05, 3.63) is 30.1 Å². The molecule has 1 aromatic heterocycles. The van der Waals surface area contributed by atoms with Crippen molar-refractivity contribution in [2.24, 2.45) is 0 Å². The highest BCUT2D eigenvalue weighted by molar-refractivity contribution is 7.89. The summed E-state index contributed by atoms with van der Waals surface area (Å²) in [6, 6.07) is 7.90. The molecule has 2 aromatic rings. The molecule has 1 unspecified atom stereocenters. The molecule has 1 saturated heterocycles. The van der Waals surface area contributed by atoms with Gasteiger partial charge in [0.05, 0.1) is 16.8 Å². The maximum Gasteiger partial charge on any atom is 0.213 e. The minimum atomic E-state index is -3.10. The fourth-order valence-corrected chi connectivity index (χ4v) is 3.95. The molecular formula is C14H19N3O2S. The zero-order chi connectivity index (χ0) is 14.2. The van der Waals surface area contributed by atoms with Gasteiger partial charge in [0.2, 0.25) is 10.0 Å². The molecular weight excluding hydrogens is 274 g/mol. The predicted octanol–water partition coefficient (Wildman–Crippen LogP) is 2.09. The normalized spacial score (nSPS) is 21.4. The number of fused-ring (bicyclic) bond motifs is 1. The van der Waals surface area contributed by atoms with Gasteiger partial charge in [-0.2, -0.15) is 0 Å². The van der Waals surface area contributed by atoms with Gasteiger partial charge in [0.1, 0.15) is 5.82 Å². The summed E-state index contributed by atoms with van der Waals surface area (Å²) >= 11 is 0. The van der Waals surface area contributed by atoms with Gasteiger partial charge >= 0.3 is 0 Å². The molecule has 108 valence electrons. The molecule has 0 bridgehead atoms. The van der Waals surface area contributed by atoms with E-state index in [1.54, 1.807) is 11.2 Å². The van der Waals surface area contributed by atoms with Crippen LogP contribution in [0.5, 0.6) is 0 Å². The van der Waals surface area contributed by atoms with Crippen molar-refractivity contribution in [2.75, 3.05) is 18.8 Å². The van der Waals surface area contributed by atoms with Crippen molar-refractivity contribution in [3.8, 4) is 0 Å². The molecule has 3 rings (SSSR count). The summed E-state index contributed by atoms with van der Waals surface area (Å²) in [5.74, 6) is 1.24. The smallest absolute Gasteiger partial charge is 0.213 e. The average Bonchev–Trinajstić information content (AvgIpc) is 2.91. The zero-order valence-electron chi connectivity index (χ0n) is 11.5. The number of rotatable bonds is 3. The molecule has 0 spiro atoms. The molecule has 1 aromatic carbocycles. The Morgan fingerprint density at radius 2 is 2.20 bits per heavy atom. The Bertz CT molecular complexity index is 675. The lowest BCUT2D eigenvalue weighted by Crippen LogP contribution is -2.40. The Labute approximate surface area is 119 Å². The third-order valence-corrected chi connectivity index (χ3v) is 5.78. The first-order valence-electron chi connectivity index (χ1n) is 7.02. The number of hydrogen-bond donors (Lipinski definition) is 1. The number of hydrogen-bond acceptors (Lipinski definition) is 3. The fraction of sp³-hybridized carbons (Fsp3) is 0.500. The molecule has 1 N–H and O–H groups in total. The van der Waals surface area contributed by atoms with Crippen molar-refractivity contribution in [1.29, 1.82) is 0 Å². The van der Waals surface area contributed by atoms with Gasteiger partial charge in [0.15, 0.2) is 0 Å². The number of aromatic amines is 1. The van der Waals surface area contributed by atoms with E-state index in [-0.39, 0.29) is 11.7 Å². The van der Waals surface area contributed by atoms with E-state index in [1.807, 2.05) is 24.3 Å². The molecule has 0 aliphatic carbocycles. The van der Waals surface area contributed by atoms with Gasteiger partial charge in [0, 0.05) is 19.0 Å². The van der Waals surface area contributed by atoms with Crippen LogP contribution >= 0.6 is 0 Å². The molecule has 2 heterocycles. The van der Waals surface area contributed by atoms with Crippen molar-refractivity contribution in [2.45, 2.75) is 25.7 Å². The quantitative estimate of drug-likeness (QED) is 0.942. The van der Waals surface area contributed by atoms with Crippen LogP contribution in [0.15, 0.2) is 24.3 Å². The minimum absolute atomic E-state index is 0.164. The molecule has 5 nitrogen and oxygen atoms in total. The summed E-state index contributed by atoms with van der Waals surface area (Å²) < 4.78 is 25.6. The molecule has 1 fully saturated rings. The van der Waals surface area contributed by atoms with E-state index < -0.39 is 10.0 Å². The van der Waals surface area contributed by atoms with Gasteiger partial charge in [-0.3, -0.25) is 0 Å². The van der Waals surface area contributed by atoms with Crippen LogP contribution in [0.4, 0.5) is 0 Å². The number of benzene rings is 1. The van der Waals surface area contributed by atoms with Gasteiger partial charge in [-0.15, -0.1) is 0 Å².